The monoisotopic (exact) mass is 172 g/mol. The summed E-state index contributed by atoms with van der Waals surface area (Å²) in [6, 6.07) is 0.611. The third kappa shape index (κ3) is 6.62. The molecule has 0 aliphatic carbocycles. The molecule has 0 aromatic carbocycles. The van der Waals surface area contributed by atoms with Gasteiger partial charge in [-0.2, -0.15) is 0 Å². The average molecular weight is 172 g/mol. The van der Waals surface area contributed by atoms with Crippen LogP contribution in [0.1, 0.15) is 27.2 Å². The molecule has 0 saturated heterocycles. The maximum Gasteiger partial charge on any atom is 0.0196 e. The number of nitrogens with zero attached hydrogens (tertiary/aromatic N) is 1. The Morgan fingerprint density at radius 3 is 2.00 bits per heavy atom. The minimum absolute atomic E-state index is 0.420. The lowest BCUT2D eigenvalue weighted by Gasteiger charge is -2.27. The summed E-state index contributed by atoms with van der Waals surface area (Å²) in [5.74, 6) is 0. The van der Waals surface area contributed by atoms with Crippen LogP contribution < -0.4 is 5.32 Å². The lowest BCUT2D eigenvalue weighted by Crippen LogP contribution is -2.38. The van der Waals surface area contributed by atoms with E-state index < -0.39 is 0 Å². The standard InChI is InChI=1S/C10H24N2/c1-10(2,3)7-9(11-4)8-12(5)6/h9,11H,7-8H2,1-6H3/t9-/m0/s1. The predicted molar refractivity (Wildman–Crippen MR) is 55.5 cm³/mol. The molecule has 0 spiro atoms. The largest absolute Gasteiger partial charge is 0.316 e. The number of hydrogen-bond donors (Lipinski definition) is 1. The summed E-state index contributed by atoms with van der Waals surface area (Å²) in [5.41, 5.74) is 0.420. The van der Waals surface area contributed by atoms with E-state index in [2.05, 4.69) is 45.1 Å². The predicted octanol–water partition coefficient (Wildman–Crippen LogP) is 1.57. The Bertz CT molecular complexity index is 113. The summed E-state index contributed by atoms with van der Waals surface area (Å²) in [7, 11) is 6.28. The quantitative estimate of drug-likeness (QED) is 0.692. The van der Waals surface area contributed by atoms with Crippen LogP contribution in [0.5, 0.6) is 0 Å². The van der Waals surface area contributed by atoms with E-state index in [-0.39, 0.29) is 0 Å². The summed E-state index contributed by atoms with van der Waals surface area (Å²) >= 11 is 0. The van der Waals surface area contributed by atoms with E-state index in [0.29, 0.717) is 11.5 Å². The molecule has 74 valence electrons. The van der Waals surface area contributed by atoms with Crippen molar-refractivity contribution in [1.82, 2.24) is 10.2 Å². The van der Waals surface area contributed by atoms with Gasteiger partial charge in [0.1, 0.15) is 0 Å². The van der Waals surface area contributed by atoms with Crippen LogP contribution in [-0.2, 0) is 0 Å². The van der Waals surface area contributed by atoms with Crippen LogP contribution in [0.25, 0.3) is 0 Å². The van der Waals surface area contributed by atoms with E-state index in [1.807, 2.05) is 7.05 Å². The van der Waals surface area contributed by atoms with Crippen molar-refractivity contribution in [1.29, 1.82) is 0 Å². The molecule has 2 heteroatoms. The highest BCUT2D eigenvalue weighted by atomic mass is 15.1. The average Bonchev–Trinajstić information content (AvgIpc) is 1.82. The normalized spacial score (nSPS) is 15.2. The second kappa shape index (κ2) is 4.83. The van der Waals surface area contributed by atoms with Crippen LogP contribution in [0.2, 0.25) is 0 Å². The molecule has 0 heterocycles. The molecule has 0 aliphatic rings. The molecular formula is C10H24N2. The van der Waals surface area contributed by atoms with Gasteiger partial charge < -0.3 is 10.2 Å². The lowest BCUT2D eigenvalue weighted by atomic mass is 9.88. The highest BCUT2D eigenvalue weighted by Gasteiger charge is 2.17. The first-order valence-electron chi connectivity index (χ1n) is 4.67. The van der Waals surface area contributed by atoms with E-state index in [1.165, 1.54) is 6.42 Å². The van der Waals surface area contributed by atoms with Gasteiger partial charge in [0.15, 0.2) is 0 Å². The molecular weight excluding hydrogens is 148 g/mol. The van der Waals surface area contributed by atoms with Crippen molar-refractivity contribution >= 4 is 0 Å². The number of rotatable bonds is 4. The number of nitrogens with one attached hydrogen (secondary N) is 1. The van der Waals surface area contributed by atoms with Gasteiger partial charge in [0.25, 0.3) is 0 Å². The molecule has 1 N–H and O–H groups in total. The van der Waals surface area contributed by atoms with Crippen molar-refractivity contribution in [3.05, 3.63) is 0 Å². The Morgan fingerprint density at radius 2 is 1.75 bits per heavy atom. The maximum absolute atomic E-state index is 3.35. The molecule has 0 radical (unpaired) electrons. The van der Waals surface area contributed by atoms with Gasteiger partial charge >= 0.3 is 0 Å². The summed E-state index contributed by atoms with van der Waals surface area (Å²) in [4.78, 5) is 2.23. The Kier molecular flexibility index (Phi) is 4.80. The summed E-state index contributed by atoms with van der Waals surface area (Å²) < 4.78 is 0. The first-order valence-corrected chi connectivity index (χ1v) is 4.67. The molecule has 1 atom stereocenters. The van der Waals surface area contributed by atoms with E-state index >= 15 is 0 Å². The summed E-state index contributed by atoms with van der Waals surface area (Å²) in [5, 5.41) is 3.35. The molecule has 0 amide bonds. The zero-order valence-electron chi connectivity index (χ0n) is 9.44. The highest BCUT2D eigenvalue weighted by molar-refractivity contribution is 4.74. The first-order chi connectivity index (χ1) is 5.35. The molecule has 0 rings (SSSR count). The van der Waals surface area contributed by atoms with Crippen molar-refractivity contribution in [2.75, 3.05) is 27.7 Å². The van der Waals surface area contributed by atoms with Gasteiger partial charge in [-0.05, 0) is 33.0 Å². The van der Waals surface area contributed by atoms with Gasteiger partial charge in [0.2, 0.25) is 0 Å². The Morgan fingerprint density at radius 1 is 1.25 bits per heavy atom. The first kappa shape index (κ1) is 11.9. The molecule has 0 fully saturated rings. The third-order valence-corrected chi connectivity index (χ3v) is 1.85. The van der Waals surface area contributed by atoms with E-state index in [0.717, 1.165) is 6.54 Å². The van der Waals surface area contributed by atoms with Crippen LogP contribution >= 0.6 is 0 Å². The van der Waals surface area contributed by atoms with E-state index in [1.54, 1.807) is 0 Å². The Hall–Kier alpha value is -0.0800. The number of hydrogen-bond acceptors (Lipinski definition) is 2. The fourth-order valence-corrected chi connectivity index (χ4v) is 1.44. The SMILES string of the molecule is CN[C@H](CN(C)C)CC(C)(C)C. The van der Waals surface area contributed by atoms with Crippen LogP contribution in [0.3, 0.4) is 0 Å². The second-order valence-corrected chi connectivity index (χ2v) is 5.01. The molecule has 2 nitrogen and oxygen atoms in total. The molecule has 0 saturated carbocycles. The summed E-state index contributed by atoms with van der Waals surface area (Å²) in [6.45, 7) is 7.97. The topological polar surface area (TPSA) is 15.3 Å². The van der Waals surface area contributed by atoms with Crippen LogP contribution in [0, 0.1) is 5.41 Å². The molecule has 0 bridgehead atoms. The van der Waals surface area contributed by atoms with E-state index in [9.17, 15) is 0 Å². The maximum atomic E-state index is 3.35. The van der Waals surface area contributed by atoms with Crippen LogP contribution in [0.4, 0.5) is 0 Å². The van der Waals surface area contributed by atoms with Crippen molar-refractivity contribution < 1.29 is 0 Å². The smallest absolute Gasteiger partial charge is 0.0196 e. The molecule has 0 aliphatic heterocycles. The fourth-order valence-electron chi connectivity index (χ4n) is 1.44. The van der Waals surface area contributed by atoms with Crippen molar-refractivity contribution in [3.8, 4) is 0 Å². The minimum atomic E-state index is 0.420. The van der Waals surface area contributed by atoms with Crippen molar-refractivity contribution in [2.45, 2.75) is 33.2 Å². The third-order valence-electron chi connectivity index (χ3n) is 1.85. The van der Waals surface area contributed by atoms with Gasteiger partial charge in [-0.25, -0.2) is 0 Å². The van der Waals surface area contributed by atoms with Gasteiger partial charge in [-0.15, -0.1) is 0 Å². The van der Waals surface area contributed by atoms with Gasteiger partial charge in [-0.1, -0.05) is 20.8 Å². The van der Waals surface area contributed by atoms with Gasteiger partial charge in [0, 0.05) is 12.6 Å². The van der Waals surface area contributed by atoms with E-state index in [4.69, 9.17) is 0 Å². The van der Waals surface area contributed by atoms with Gasteiger partial charge in [0.05, 0.1) is 0 Å². The van der Waals surface area contributed by atoms with Gasteiger partial charge in [-0.3, -0.25) is 0 Å². The zero-order valence-corrected chi connectivity index (χ0v) is 9.44. The molecule has 0 aromatic rings. The Balaban J connectivity index is 3.83. The van der Waals surface area contributed by atoms with Crippen LogP contribution in [-0.4, -0.2) is 38.6 Å². The molecule has 0 aromatic heterocycles. The summed E-state index contributed by atoms with van der Waals surface area (Å²) in [6.07, 6.45) is 1.22. The number of likely N-dealkylation sites (N-methyl/N-ethyl adjacent to an activating group) is 2. The fraction of sp³-hybridized carbons (Fsp3) is 1.00. The zero-order chi connectivity index (χ0) is 9.78. The molecule has 0 unspecified atom stereocenters. The van der Waals surface area contributed by atoms with Crippen LogP contribution in [0.15, 0.2) is 0 Å². The molecule has 12 heavy (non-hydrogen) atoms. The lowest BCUT2D eigenvalue weighted by molar-refractivity contribution is 0.265. The van der Waals surface area contributed by atoms with Crippen molar-refractivity contribution in [2.24, 2.45) is 5.41 Å². The second-order valence-electron chi connectivity index (χ2n) is 5.01. The highest BCUT2D eigenvalue weighted by Crippen LogP contribution is 2.20. The van der Waals surface area contributed by atoms with Crippen molar-refractivity contribution in [3.63, 3.8) is 0 Å². The minimum Gasteiger partial charge on any atom is -0.316 e. The Labute approximate surface area is 77.3 Å².